The summed E-state index contributed by atoms with van der Waals surface area (Å²) in [5.41, 5.74) is 0.116. The molecule has 7 nitrogen and oxygen atoms in total. The maximum atomic E-state index is 11.2. The van der Waals surface area contributed by atoms with Gasteiger partial charge in [-0.15, -0.1) is 0 Å². The molecule has 2 rings (SSSR count). The molecular formula is C15H19N3O4S. The van der Waals surface area contributed by atoms with Gasteiger partial charge in [0.05, 0.1) is 18.5 Å². The molecule has 1 aromatic carbocycles. The smallest absolute Gasteiger partial charge is 0.229 e. The van der Waals surface area contributed by atoms with E-state index in [-0.39, 0.29) is 11.4 Å². The summed E-state index contributed by atoms with van der Waals surface area (Å²) in [6.45, 7) is 1.01. The van der Waals surface area contributed by atoms with Gasteiger partial charge in [0, 0.05) is 19.3 Å². The summed E-state index contributed by atoms with van der Waals surface area (Å²) in [7, 11) is -1.53. The molecule has 1 aromatic heterocycles. The van der Waals surface area contributed by atoms with Crippen molar-refractivity contribution in [3.8, 4) is 11.5 Å². The largest absolute Gasteiger partial charge is 0.506 e. The zero-order valence-corrected chi connectivity index (χ0v) is 13.7. The van der Waals surface area contributed by atoms with Gasteiger partial charge in [-0.2, -0.15) is 0 Å². The molecule has 0 atom stereocenters. The zero-order chi connectivity index (χ0) is 16.9. The van der Waals surface area contributed by atoms with E-state index in [0.29, 0.717) is 18.9 Å². The number of anilines is 2. The number of sulfonamides is 1. The van der Waals surface area contributed by atoms with Gasteiger partial charge in [-0.25, -0.2) is 13.4 Å². The third kappa shape index (κ3) is 5.33. The highest BCUT2D eigenvalue weighted by atomic mass is 32.2. The molecule has 0 unspecified atom stereocenters. The number of aromatic nitrogens is 1. The first-order valence-corrected chi connectivity index (χ1v) is 8.80. The van der Waals surface area contributed by atoms with Gasteiger partial charge in [0.2, 0.25) is 10.0 Å². The minimum Gasteiger partial charge on any atom is -0.506 e. The van der Waals surface area contributed by atoms with Crippen molar-refractivity contribution in [3.05, 3.63) is 42.6 Å². The van der Waals surface area contributed by atoms with Crippen LogP contribution in [0.3, 0.4) is 0 Å². The second-order valence-electron chi connectivity index (χ2n) is 5.01. The van der Waals surface area contributed by atoms with E-state index in [1.807, 2.05) is 30.1 Å². The quantitative estimate of drug-likeness (QED) is 0.747. The lowest BCUT2D eigenvalue weighted by Gasteiger charge is -2.18. The molecule has 0 aliphatic rings. The van der Waals surface area contributed by atoms with E-state index in [1.165, 1.54) is 12.1 Å². The van der Waals surface area contributed by atoms with Gasteiger partial charge < -0.3 is 14.7 Å². The van der Waals surface area contributed by atoms with E-state index >= 15 is 0 Å². The molecule has 124 valence electrons. The molecule has 0 aliphatic heterocycles. The molecule has 2 N–H and O–H groups in total. The van der Waals surface area contributed by atoms with Crippen molar-refractivity contribution in [2.45, 2.75) is 0 Å². The van der Waals surface area contributed by atoms with Crippen LogP contribution in [0.2, 0.25) is 0 Å². The Balaban J connectivity index is 1.90. The number of aromatic hydroxyl groups is 1. The van der Waals surface area contributed by atoms with Gasteiger partial charge in [-0.3, -0.25) is 4.72 Å². The van der Waals surface area contributed by atoms with Gasteiger partial charge in [-0.05, 0) is 24.3 Å². The molecular weight excluding hydrogens is 318 g/mol. The lowest BCUT2D eigenvalue weighted by molar-refractivity contribution is 0.323. The molecule has 0 saturated heterocycles. The second kappa shape index (κ2) is 7.19. The van der Waals surface area contributed by atoms with Crippen molar-refractivity contribution >= 4 is 21.5 Å². The SMILES string of the molecule is CN(CCOc1ccc(NS(C)(=O)=O)c(O)c1)c1ccccn1. The van der Waals surface area contributed by atoms with Crippen molar-refractivity contribution in [3.63, 3.8) is 0 Å². The second-order valence-corrected chi connectivity index (χ2v) is 6.76. The van der Waals surface area contributed by atoms with Gasteiger partial charge in [0.1, 0.15) is 23.9 Å². The molecule has 0 aliphatic carbocycles. The molecule has 23 heavy (non-hydrogen) atoms. The molecule has 0 bridgehead atoms. The fourth-order valence-electron chi connectivity index (χ4n) is 1.88. The van der Waals surface area contributed by atoms with E-state index in [2.05, 4.69) is 9.71 Å². The average molecular weight is 337 g/mol. The highest BCUT2D eigenvalue weighted by Gasteiger charge is 2.08. The van der Waals surface area contributed by atoms with Gasteiger partial charge in [-0.1, -0.05) is 6.07 Å². The topological polar surface area (TPSA) is 91.8 Å². The third-order valence-electron chi connectivity index (χ3n) is 3.00. The number of hydrogen-bond acceptors (Lipinski definition) is 6. The zero-order valence-electron chi connectivity index (χ0n) is 12.9. The highest BCUT2D eigenvalue weighted by Crippen LogP contribution is 2.28. The van der Waals surface area contributed by atoms with Crippen LogP contribution in [0.25, 0.3) is 0 Å². The summed E-state index contributed by atoms with van der Waals surface area (Å²) in [6.07, 6.45) is 2.74. The Hall–Kier alpha value is -2.48. The van der Waals surface area contributed by atoms with Crippen LogP contribution >= 0.6 is 0 Å². The first-order valence-electron chi connectivity index (χ1n) is 6.91. The van der Waals surface area contributed by atoms with E-state index < -0.39 is 10.0 Å². The van der Waals surface area contributed by atoms with Crippen LogP contribution in [0.4, 0.5) is 11.5 Å². The monoisotopic (exact) mass is 337 g/mol. The number of nitrogens with one attached hydrogen (secondary N) is 1. The Morgan fingerprint density at radius 3 is 2.70 bits per heavy atom. The fourth-order valence-corrected chi connectivity index (χ4v) is 2.45. The van der Waals surface area contributed by atoms with Crippen LogP contribution in [-0.2, 0) is 10.0 Å². The molecule has 0 fully saturated rings. The van der Waals surface area contributed by atoms with Crippen LogP contribution in [-0.4, -0.2) is 45.0 Å². The van der Waals surface area contributed by atoms with E-state index in [1.54, 1.807) is 12.3 Å². The Morgan fingerprint density at radius 1 is 1.30 bits per heavy atom. The molecule has 0 saturated carbocycles. The number of benzene rings is 1. The van der Waals surface area contributed by atoms with Crippen LogP contribution in [0.15, 0.2) is 42.6 Å². The van der Waals surface area contributed by atoms with Crippen molar-refractivity contribution in [1.29, 1.82) is 0 Å². The minimum atomic E-state index is -3.44. The summed E-state index contributed by atoms with van der Waals surface area (Å²) < 4.78 is 30.1. The summed E-state index contributed by atoms with van der Waals surface area (Å²) >= 11 is 0. The number of pyridine rings is 1. The molecule has 8 heteroatoms. The Labute approximate surface area is 135 Å². The Kier molecular flexibility index (Phi) is 5.28. The number of nitrogens with zero attached hydrogens (tertiary/aromatic N) is 2. The summed E-state index contributed by atoms with van der Waals surface area (Å²) in [6, 6.07) is 10.1. The normalized spacial score (nSPS) is 11.0. The lowest BCUT2D eigenvalue weighted by Crippen LogP contribution is -2.24. The standard InChI is InChI=1S/C15H19N3O4S/c1-18(15-5-3-4-8-16-15)9-10-22-12-6-7-13(14(19)11-12)17-23(2,20)21/h3-8,11,17,19H,9-10H2,1-2H3. The number of ether oxygens (including phenoxy) is 1. The average Bonchev–Trinajstić information content (AvgIpc) is 2.49. The van der Waals surface area contributed by atoms with Gasteiger partial charge in [0.15, 0.2) is 0 Å². The van der Waals surface area contributed by atoms with Gasteiger partial charge in [0.25, 0.3) is 0 Å². The summed E-state index contributed by atoms with van der Waals surface area (Å²) in [5.74, 6) is 1.11. The predicted molar refractivity (Wildman–Crippen MR) is 89.6 cm³/mol. The van der Waals surface area contributed by atoms with Crippen LogP contribution in [0, 0.1) is 0 Å². The molecule has 0 amide bonds. The van der Waals surface area contributed by atoms with Crippen molar-refractivity contribution in [2.24, 2.45) is 0 Å². The van der Waals surface area contributed by atoms with Crippen molar-refractivity contribution < 1.29 is 18.3 Å². The van der Waals surface area contributed by atoms with Gasteiger partial charge >= 0.3 is 0 Å². The molecule has 0 spiro atoms. The Morgan fingerprint density at radius 2 is 2.09 bits per heavy atom. The molecule has 2 aromatic rings. The molecule has 1 heterocycles. The van der Waals surface area contributed by atoms with Crippen LogP contribution < -0.4 is 14.4 Å². The van der Waals surface area contributed by atoms with Crippen LogP contribution in [0.1, 0.15) is 0 Å². The number of phenolic OH excluding ortho intramolecular Hbond substituents is 1. The van der Waals surface area contributed by atoms with E-state index in [4.69, 9.17) is 4.74 Å². The van der Waals surface area contributed by atoms with E-state index in [0.717, 1.165) is 12.1 Å². The summed E-state index contributed by atoms with van der Waals surface area (Å²) in [5, 5.41) is 9.81. The fraction of sp³-hybridized carbons (Fsp3) is 0.267. The first-order chi connectivity index (χ1) is 10.8. The number of phenols is 1. The third-order valence-corrected chi connectivity index (χ3v) is 3.59. The number of likely N-dealkylation sites (N-methyl/N-ethyl adjacent to an activating group) is 1. The van der Waals surface area contributed by atoms with E-state index in [9.17, 15) is 13.5 Å². The maximum Gasteiger partial charge on any atom is 0.229 e. The predicted octanol–water partition coefficient (Wildman–Crippen LogP) is 1.67. The number of hydrogen-bond donors (Lipinski definition) is 2. The molecule has 0 radical (unpaired) electrons. The minimum absolute atomic E-state index is 0.116. The first kappa shape index (κ1) is 16.9. The lowest BCUT2D eigenvalue weighted by atomic mass is 10.3. The number of rotatable bonds is 7. The van der Waals surface area contributed by atoms with Crippen LogP contribution in [0.5, 0.6) is 11.5 Å². The highest BCUT2D eigenvalue weighted by molar-refractivity contribution is 7.92. The maximum absolute atomic E-state index is 11.2. The van der Waals surface area contributed by atoms with Crippen molar-refractivity contribution in [2.75, 3.05) is 36.1 Å². The Bertz CT molecular complexity index is 751. The summed E-state index contributed by atoms with van der Waals surface area (Å²) in [4.78, 5) is 6.17. The van der Waals surface area contributed by atoms with Crippen molar-refractivity contribution in [1.82, 2.24) is 4.98 Å².